The lowest BCUT2D eigenvalue weighted by atomic mass is 10.2. The van der Waals surface area contributed by atoms with E-state index in [1.165, 1.54) is 6.07 Å². The van der Waals surface area contributed by atoms with E-state index in [0.717, 1.165) is 19.3 Å². The number of aliphatic hydroxyl groups excluding tert-OH is 1. The van der Waals surface area contributed by atoms with Crippen molar-refractivity contribution in [2.24, 2.45) is 0 Å². The van der Waals surface area contributed by atoms with Gasteiger partial charge in [0.15, 0.2) is 11.6 Å². The molecule has 0 heterocycles. The van der Waals surface area contributed by atoms with E-state index in [9.17, 15) is 4.39 Å². The molecular formula is C14H17FO2. The fourth-order valence-corrected chi connectivity index (χ4v) is 1.37. The standard InChI is InChI=1S/C14H17FO2/c1-2-3-4-10-17-14-11-12(6-5-9-16)7-8-13(14)15/h7-8,11,16H,2-4,9-10H2,1H3. The first-order valence-corrected chi connectivity index (χ1v) is 5.80. The minimum Gasteiger partial charge on any atom is -0.490 e. The van der Waals surface area contributed by atoms with Gasteiger partial charge in [0.2, 0.25) is 0 Å². The summed E-state index contributed by atoms with van der Waals surface area (Å²) in [7, 11) is 0. The Kier molecular flexibility index (Phi) is 6.13. The van der Waals surface area contributed by atoms with Crippen molar-refractivity contribution < 1.29 is 14.2 Å². The van der Waals surface area contributed by atoms with Crippen molar-refractivity contribution in [3.8, 4) is 17.6 Å². The van der Waals surface area contributed by atoms with E-state index in [0.29, 0.717) is 12.2 Å². The van der Waals surface area contributed by atoms with Crippen molar-refractivity contribution in [3.05, 3.63) is 29.6 Å². The summed E-state index contributed by atoms with van der Waals surface area (Å²) in [5.41, 5.74) is 0.644. The molecule has 0 aliphatic rings. The summed E-state index contributed by atoms with van der Waals surface area (Å²) in [6.07, 6.45) is 3.10. The number of halogens is 1. The third-order valence-electron chi connectivity index (χ3n) is 2.25. The number of rotatable bonds is 5. The van der Waals surface area contributed by atoms with E-state index in [2.05, 4.69) is 18.8 Å². The van der Waals surface area contributed by atoms with Crippen molar-refractivity contribution in [1.29, 1.82) is 0 Å². The van der Waals surface area contributed by atoms with E-state index >= 15 is 0 Å². The molecule has 1 N–H and O–H groups in total. The number of ether oxygens (including phenoxy) is 1. The van der Waals surface area contributed by atoms with Gasteiger partial charge < -0.3 is 9.84 Å². The lowest BCUT2D eigenvalue weighted by Gasteiger charge is -2.07. The van der Waals surface area contributed by atoms with Crippen LogP contribution in [0.2, 0.25) is 0 Å². The first-order valence-electron chi connectivity index (χ1n) is 5.80. The third-order valence-corrected chi connectivity index (χ3v) is 2.25. The molecule has 3 heteroatoms. The summed E-state index contributed by atoms with van der Waals surface area (Å²) in [6, 6.07) is 4.46. The highest BCUT2D eigenvalue weighted by Gasteiger charge is 2.03. The van der Waals surface area contributed by atoms with Gasteiger partial charge in [0.05, 0.1) is 6.61 Å². The Hall–Kier alpha value is -1.53. The molecule has 17 heavy (non-hydrogen) atoms. The maximum absolute atomic E-state index is 13.4. The summed E-state index contributed by atoms with van der Waals surface area (Å²) in [5.74, 6) is 5.08. The zero-order chi connectivity index (χ0) is 12.5. The van der Waals surface area contributed by atoms with Gasteiger partial charge in [0.1, 0.15) is 6.61 Å². The van der Waals surface area contributed by atoms with E-state index < -0.39 is 0 Å². The van der Waals surface area contributed by atoms with Crippen LogP contribution in [-0.4, -0.2) is 18.3 Å². The molecule has 1 aromatic rings. The molecule has 0 radical (unpaired) electrons. The molecule has 92 valence electrons. The predicted molar refractivity (Wildman–Crippen MR) is 65.4 cm³/mol. The molecule has 0 aromatic heterocycles. The molecule has 0 amide bonds. The van der Waals surface area contributed by atoms with Gasteiger partial charge in [-0.1, -0.05) is 31.6 Å². The van der Waals surface area contributed by atoms with Crippen LogP contribution in [0.3, 0.4) is 0 Å². The van der Waals surface area contributed by atoms with Crippen molar-refractivity contribution in [2.45, 2.75) is 26.2 Å². The van der Waals surface area contributed by atoms with Crippen LogP contribution in [0, 0.1) is 17.7 Å². The Morgan fingerprint density at radius 2 is 2.18 bits per heavy atom. The van der Waals surface area contributed by atoms with Crippen LogP contribution in [0.1, 0.15) is 31.7 Å². The second-order valence-electron chi connectivity index (χ2n) is 3.66. The Bertz CT molecular complexity index is 404. The minimum atomic E-state index is -0.379. The number of benzene rings is 1. The van der Waals surface area contributed by atoms with Crippen molar-refractivity contribution in [1.82, 2.24) is 0 Å². The molecule has 0 unspecified atom stereocenters. The first-order chi connectivity index (χ1) is 8.27. The summed E-state index contributed by atoms with van der Waals surface area (Å²) in [6.45, 7) is 2.41. The predicted octanol–water partition coefficient (Wildman–Crippen LogP) is 2.74. The summed E-state index contributed by atoms with van der Waals surface area (Å²) < 4.78 is 18.7. The molecule has 0 aliphatic heterocycles. The van der Waals surface area contributed by atoms with E-state index in [-0.39, 0.29) is 18.2 Å². The van der Waals surface area contributed by atoms with Crippen LogP contribution in [0.5, 0.6) is 5.75 Å². The molecule has 0 fully saturated rings. The highest BCUT2D eigenvalue weighted by molar-refractivity contribution is 5.40. The highest BCUT2D eigenvalue weighted by atomic mass is 19.1. The van der Waals surface area contributed by atoms with Crippen molar-refractivity contribution in [2.75, 3.05) is 13.2 Å². The Morgan fingerprint density at radius 1 is 1.35 bits per heavy atom. The fraction of sp³-hybridized carbons (Fsp3) is 0.429. The van der Waals surface area contributed by atoms with E-state index in [1.54, 1.807) is 12.1 Å². The molecular weight excluding hydrogens is 219 g/mol. The SMILES string of the molecule is CCCCCOc1cc(C#CCO)ccc1F. The van der Waals surface area contributed by atoms with Gasteiger partial charge in [0, 0.05) is 5.56 Å². The lowest BCUT2D eigenvalue weighted by Crippen LogP contribution is -1.99. The maximum Gasteiger partial charge on any atom is 0.165 e. The Morgan fingerprint density at radius 3 is 2.88 bits per heavy atom. The number of aliphatic hydroxyl groups is 1. The quantitative estimate of drug-likeness (QED) is 0.629. The van der Waals surface area contributed by atoms with Gasteiger partial charge in [0.25, 0.3) is 0 Å². The molecule has 0 saturated heterocycles. The highest BCUT2D eigenvalue weighted by Crippen LogP contribution is 2.18. The van der Waals surface area contributed by atoms with E-state index in [1.807, 2.05) is 0 Å². The van der Waals surface area contributed by atoms with Gasteiger partial charge in [-0.15, -0.1) is 0 Å². The average molecular weight is 236 g/mol. The third kappa shape index (κ3) is 4.88. The molecule has 0 saturated carbocycles. The van der Waals surface area contributed by atoms with Gasteiger partial charge >= 0.3 is 0 Å². The number of hydrogen-bond acceptors (Lipinski definition) is 2. The zero-order valence-electron chi connectivity index (χ0n) is 10.0. The first kappa shape index (κ1) is 13.5. The molecule has 1 rings (SSSR count). The molecule has 0 bridgehead atoms. The number of hydrogen-bond donors (Lipinski definition) is 1. The maximum atomic E-state index is 13.4. The normalized spacial score (nSPS) is 9.59. The number of unbranched alkanes of at least 4 members (excludes halogenated alkanes) is 2. The van der Waals surface area contributed by atoms with Crippen LogP contribution in [0.4, 0.5) is 4.39 Å². The van der Waals surface area contributed by atoms with Gasteiger partial charge in [-0.2, -0.15) is 0 Å². The van der Waals surface area contributed by atoms with Crippen LogP contribution in [0.25, 0.3) is 0 Å². The zero-order valence-corrected chi connectivity index (χ0v) is 10.0. The summed E-state index contributed by atoms with van der Waals surface area (Å²) >= 11 is 0. The Balaban J connectivity index is 2.63. The second-order valence-corrected chi connectivity index (χ2v) is 3.66. The molecule has 0 aliphatic carbocycles. The van der Waals surface area contributed by atoms with Gasteiger partial charge in [-0.25, -0.2) is 4.39 Å². The van der Waals surface area contributed by atoms with Crippen LogP contribution >= 0.6 is 0 Å². The summed E-state index contributed by atoms with van der Waals surface area (Å²) in [4.78, 5) is 0. The molecule has 0 atom stereocenters. The molecule has 2 nitrogen and oxygen atoms in total. The monoisotopic (exact) mass is 236 g/mol. The molecule has 1 aromatic carbocycles. The fourth-order valence-electron chi connectivity index (χ4n) is 1.37. The Labute approximate surface area is 101 Å². The average Bonchev–Trinajstić information content (AvgIpc) is 2.35. The van der Waals surface area contributed by atoms with Crippen molar-refractivity contribution >= 4 is 0 Å². The van der Waals surface area contributed by atoms with Crippen LogP contribution in [-0.2, 0) is 0 Å². The van der Waals surface area contributed by atoms with Gasteiger partial charge in [-0.3, -0.25) is 0 Å². The van der Waals surface area contributed by atoms with E-state index in [4.69, 9.17) is 9.84 Å². The topological polar surface area (TPSA) is 29.5 Å². The van der Waals surface area contributed by atoms with Crippen LogP contribution < -0.4 is 4.74 Å². The lowest BCUT2D eigenvalue weighted by molar-refractivity contribution is 0.291. The van der Waals surface area contributed by atoms with Crippen LogP contribution in [0.15, 0.2) is 18.2 Å². The smallest absolute Gasteiger partial charge is 0.165 e. The second kappa shape index (κ2) is 7.70. The summed E-state index contributed by atoms with van der Waals surface area (Å²) in [5, 5.41) is 8.57. The van der Waals surface area contributed by atoms with Gasteiger partial charge in [-0.05, 0) is 24.6 Å². The molecule has 0 spiro atoms. The largest absolute Gasteiger partial charge is 0.490 e. The van der Waals surface area contributed by atoms with Crippen molar-refractivity contribution in [3.63, 3.8) is 0 Å². The minimum absolute atomic E-state index is 0.204.